The minimum absolute atomic E-state index is 0.225. The smallest absolute Gasteiger partial charge is 0.235 e. The molecule has 0 saturated carbocycles. The van der Waals surface area contributed by atoms with Gasteiger partial charge in [-0.1, -0.05) is 6.42 Å². The zero-order valence-corrected chi connectivity index (χ0v) is 11.5. The molecule has 17 heavy (non-hydrogen) atoms. The largest absolute Gasteiger partial charge is 0.339 e. The third kappa shape index (κ3) is 3.16. The first-order valence-corrected chi connectivity index (χ1v) is 7.89. The second kappa shape index (κ2) is 6.10. The SMILES string of the molecule is CC1CCC(CN)CN1C(=O)C1CCCCS1. The summed E-state index contributed by atoms with van der Waals surface area (Å²) in [6, 6.07) is 0.410. The van der Waals surface area contributed by atoms with E-state index in [2.05, 4.69) is 11.8 Å². The van der Waals surface area contributed by atoms with E-state index in [4.69, 9.17) is 5.73 Å². The summed E-state index contributed by atoms with van der Waals surface area (Å²) in [6.45, 7) is 3.78. The number of nitrogens with zero attached hydrogens (tertiary/aromatic N) is 1. The molecule has 3 nitrogen and oxygen atoms in total. The van der Waals surface area contributed by atoms with Crippen LogP contribution in [0.25, 0.3) is 0 Å². The molecule has 4 heteroatoms. The van der Waals surface area contributed by atoms with Gasteiger partial charge in [0, 0.05) is 12.6 Å². The number of piperidine rings is 1. The molecule has 2 aliphatic heterocycles. The first kappa shape index (κ1) is 13.2. The molecule has 0 aromatic heterocycles. The fourth-order valence-electron chi connectivity index (χ4n) is 2.80. The van der Waals surface area contributed by atoms with E-state index in [0.29, 0.717) is 24.4 Å². The molecule has 0 spiro atoms. The summed E-state index contributed by atoms with van der Waals surface area (Å²) in [6.07, 6.45) is 5.85. The van der Waals surface area contributed by atoms with Crippen molar-refractivity contribution in [2.75, 3.05) is 18.8 Å². The van der Waals surface area contributed by atoms with E-state index in [1.165, 1.54) is 19.3 Å². The van der Waals surface area contributed by atoms with Gasteiger partial charge in [-0.05, 0) is 50.8 Å². The van der Waals surface area contributed by atoms with Crippen LogP contribution in [0.2, 0.25) is 0 Å². The van der Waals surface area contributed by atoms with Crippen LogP contribution in [0.3, 0.4) is 0 Å². The number of hydrogen-bond donors (Lipinski definition) is 1. The van der Waals surface area contributed by atoms with Gasteiger partial charge in [-0.25, -0.2) is 0 Å². The van der Waals surface area contributed by atoms with Crippen LogP contribution < -0.4 is 5.73 Å². The van der Waals surface area contributed by atoms with Crippen LogP contribution in [0.1, 0.15) is 39.0 Å². The molecule has 2 saturated heterocycles. The summed E-state index contributed by atoms with van der Waals surface area (Å²) in [4.78, 5) is 14.6. The fraction of sp³-hybridized carbons (Fsp3) is 0.923. The molecule has 0 bridgehead atoms. The molecular weight excluding hydrogens is 232 g/mol. The number of hydrogen-bond acceptors (Lipinski definition) is 3. The molecule has 2 N–H and O–H groups in total. The Labute approximate surface area is 108 Å². The summed E-state index contributed by atoms with van der Waals surface area (Å²) in [5.74, 6) is 2.04. The maximum atomic E-state index is 12.5. The van der Waals surface area contributed by atoms with Gasteiger partial charge in [0.15, 0.2) is 0 Å². The summed E-state index contributed by atoms with van der Waals surface area (Å²) in [5.41, 5.74) is 5.75. The van der Waals surface area contributed by atoms with Crippen molar-refractivity contribution < 1.29 is 4.79 Å². The topological polar surface area (TPSA) is 46.3 Å². The van der Waals surface area contributed by atoms with Gasteiger partial charge in [-0.2, -0.15) is 0 Å². The lowest BCUT2D eigenvalue weighted by atomic mass is 9.93. The summed E-state index contributed by atoms with van der Waals surface area (Å²) < 4.78 is 0. The quantitative estimate of drug-likeness (QED) is 0.820. The normalized spacial score (nSPS) is 34.7. The highest BCUT2D eigenvalue weighted by Gasteiger charge is 2.33. The predicted molar refractivity (Wildman–Crippen MR) is 73.1 cm³/mol. The average molecular weight is 256 g/mol. The van der Waals surface area contributed by atoms with E-state index in [9.17, 15) is 4.79 Å². The summed E-state index contributed by atoms with van der Waals surface area (Å²) >= 11 is 1.85. The van der Waals surface area contributed by atoms with Crippen molar-refractivity contribution in [2.45, 2.75) is 50.3 Å². The zero-order valence-electron chi connectivity index (χ0n) is 10.7. The van der Waals surface area contributed by atoms with Gasteiger partial charge in [0.05, 0.1) is 5.25 Å². The third-order valence-corrected chi connectivity index (χ3v) is 5.42. The molecule has 2 fully saturated rings. The van der Waals surface area contributed by atoms with Gasteiger partial charge in [0.2, 0.25) is 5.91 Å². The van der Waals surface area contributed by atoms with E-state index in [1.807, 2.05) is 11.8 Å². The number of nitrogens with two attached hydrogens (primary N) is 1. The average Bonchev–Trinajstić information content (AvgIpc) is 2.39. The molecule has 0 aromatic carbocycles. The van der Waals surface area contributed by atoms with E-state index in [-0.39, 0.29) is 5.25 Å². The molecule has 2 rings (SSSR count). The molecule has 0 aliphatic carbocycles. The minimum atomic E-state index is 0.225. The molecule has 2 heterocycles. The Balaban J connectivity index is 1.95. The van der Waals surface area contributed by atoms with Gasteiger partial charge < -0.3 is 10.6 Å². The van der Waals surface area contributed by atoms with Crippen molar-refractivity contribution in [1.29, 1.82) is 0 Å². The van der Waals surface area contributed by atoms with Crippen LogP contribution >= 0.6 is 11.8 Å². The Morgan fingerprint density at radius 1 is 1.35 bits per heavy atom. The van der Waals surface area contributed by atoms with Crippen LogP contribution in [-0.4, -0.2) is 40.9 Å². The minimum Gasteiger partial charge on any atom is -0.339 e. The first-order chi connectivity index (χ1) is 8.22. The highest BCUT2D eigenvalue weighted by atomic mass is 32.2. The van der Waals surface area contributed by atoms with Gasteiger partial charge in [0.25, 0.3) is 0 Å². The van der Waals surface area contributed by atoms with Crippen molar-refractivity contribution in [3.05, 3.63) is 0 Å². The highest BCUT2D eigenvalue weighted by Crippen LogP contribution is 2.30. The van der Waals surface area contributed by atoms with Crippen molar-refractivity contribution in [3.8, 4) is 0 Å². The summed E-state index contributed by atoms with van der Waals surface area (Å²) in [7, 11) is 0. The second-order valence-electron chi connectivity index (χ2n) is 5.37. The molecule has 0 radical (unpaired) electrons. The Kier molecular flexibility index (Phi) is 4.74. The van der Waals surface area contributed by atoms with Crippen molar-refractivity contribution in [3.63, 3.8) is 0 Å². The van der Waals surface area contributed by atoms with Gasteiger partial charge in [0.1, 0.15) is 0 Å². The zero-order chi connectivity index (χ0) is 12.3. The first-order valence-electron chi connectivity index (χ1n) is 6.84. The van der Waals surface area contributed by atoms with E-state index in [0.717, 1.165) is 25.1 Å². The predicted octanol–water partition coefficient (Wildman–Crippen LogP) is 1.86. The van der Waals surface area contributed by atoms with Crippen LogP contribution in [0, 0.1) is 5.92 Å². The Bertz CT molecular complexity index is 266. The molecule has 3 atom stereocenters. The number of carbonyl (C=O) groups excluding carboxylic acids is 1. The number of likely N-dealkylation sites (tertiary alicyclic amines) is 1. The second-order valence-corrected chi connectivity index (χ2v) is 6.68. The van der Waals surface area contributed by atoms with Gasteiger partial charge >= 0.3 is 0 Å². The van der Waals surface area contributed by atoms with Crippen molar-refractivity contribution >= 4 is 17.7 Å². The molecule has 1 amide bonds. The van der Waals surface area contributed by atoms with Crippen LogP contribution in [0.5, 0.6) is 0 Å². The van der Waals surface area contributed by atoms with Crippen LogP contribution in [0.15, 0.2) is 0 Å². The Morgan fingerprint density at radius 2 is 2.18 bits per heavy atom. The molecular formula is C13H24N2OS. The number of rotatable bonds is 2. The van der Waals surface area contributed by atoms with Crippen LogP contribution in [-0.2, 0) is 4.79 Å². The Hall–Kier alpha value is -0.220. The molecule has 2 aliphatic rings. The number of carbonyl (C=O) groups is 1. The van der Waals surface area contributed by atoms with E-state index < -0.39 is 0 Å². The number of amides is 1. The fourth-order valence-corrected chi connectivity index (χ4v) is 4.07. The van der Waals surface area contributed by atoms with E-state index >= 15 is 0 Å². The van der Waals surface area contributed by atoms with E-state index in [1.54, 1.807) is 0 Å². The maximum absolute atomic E-state index is 12.5. The summed E-state index contributed by atoms with van der Waals surface area (Å²) in [5, 5.41) is 0.225. The molecule has 0 aromatic rings. The molecule has 3 unspecified atom stereocenters. The maximum Gasteiger partial charge on any atom is 0.235 e. The lowest BCUT2D eigenvalue weighted by Gasteiger charge is -2.40. The van der Waals surface area contributed by atoms with Crippen LogP contribution in [0.4, 0.5) is 0 Å². The lowest BCUT2D eigenvalue weighted by molar-refractivity contribution is -0.135. The standard InChI is InChI=1S/C13H24N2OS/c1-10-5-6-11(8-14)9-15(10)13(16)12-4-2-3-7-17-12/h10-12H,2-9,14H2,1H3. The Morgan fingerprint density at radius 3 is 2.82 bits per heavy atom. The highest BCUT2D eigenvalue weighted by molar-refractivity contribution is 8.00. The van der Waals surface area contributed by atoms with Crippen molar-refractivity contribution in [1.82, 2.24) is 4.90 Å². The van der Waals surface area contributed by atoms with Gasteiger partial charge in [-0.15, -0.1) is 11.8 Å². The lowest BCUT2D eigenvalue weighted by Crippen LogP contribution is -2.50. The van der Waals surface area contributed by atoms with Crippen molar-refractivity contribution in [2.24, 2.45) is 11.7 Å². The molecule has 98 valence electrons. The number of thioether (sulfide) groups is 1. The monoisotopic (exact) mass is 256 g/mol. The third-order valence-electron chi connectivity index (χ3n) is 4.05. The van der Waals surface area contributed by atoms with Gasteiger partial charge in [-0.3, -0.25) is 4.79 Å².